The Bertz CT molecular complexity index is 593. The lowest BCUT2D eigenvalue weighted by Gasteiger charge is -2.33. The maximum atomic E-state index is 12.7. The van der Waals surface area contributed by atoms with Crippen LogP contribution in [0.4, 0.5) is 4.39 Å². The molecule has 2 aromatic rings. The summed E-state index contributed by atoms with van der Waals surface area (Å²) >= 11 is 3.28. The van der Waals surface area contributed by atoms with Gasteiger partial charge in [-0.05, 0) is 15.9 Å². The number of rotatable bonds is 1. The molecule has 3 heterocycles. The largest absolute Gasteiger partial charge is 0.331 e. The Morgan fingerprint density at radius 3 is 2.94 bits per heavy atom. The van der Waals surface area contributed by atoms with Crippen LogP contribution in [-0.2, 0) is 0 Å². The molecule has 5 nitrogen and oxygen atoms in total. The number of nitrogens with zero attached hydrogens (tertiary/aromatic N) is 4. The second kappa shape index (κ2) is 3.76. The lowest BCUT2D eigenvalue weighted by molar-refractivity contribution is 0.0395. The molecule has 1 fully saturated rings. The van der Waals surface area contributed by atoms with Crippen molar-refractivity contribution >= 4 is 27.6 Å². The fourth-order valence-corrected chi connectivity index (χ4v) is 2.04. The molecule has 0 saturated carbocycles. The summed E-state index contributed by atoms with van der Waals surface area (Å²) in [5.41, 5.74) is 0.294. The van der Waals surface area contributed by atoms with Crippen LogP contribution in [0.2, 0.25) is 0 Å². The molecule has 0 unspecified atom stereocenters. The first kappa shape index (κ1) is 10.6. The third-order valence-corrected chi connectivity index (χ3v) is 3.03. The van der Waals surface area contributed by atoms with Gasteiger partial charge >= 0.3 is 0 Å². The first-order chi connectivity index (χ1) is 8.13. The number of amides is 1. The molecule has 0 aliphatic carbocycles. The van der Waals surface area contributed by atoms with Crippen molar-refractivity contribution in [1.29, 1.82) is 0 Å². The van der Waals surface area contributed by atoms with E-state index in [1.54, 1.807) is 23.0 Å². The average Bonchev–Trinajstić information content (AvgIpc) is 2.66. The molecule has 1 aliphatic rings. The van der Waals surface area contributed by atoms with E-state index in [0.29, 0.717) is 11.5 Å². The molecule has 1 amide bonds. The molecular weight excluding hydrogens is 291 g/mol. The minimum absolute atomic E-state index is 0.157. The number of halogens is 2. The summed E-state index contributed by atoms with van der Waals surface area (Å²) in [4.78, 5) is 21.5. The second-order valence-corrected chi connectivity index (χ2v) is 4.83. The Kier molecular flexibility index (Phi) is 2.36. The molecule has 1 saturated heterocycles. The van der Waals surface area contributed by atoms with E-state index in [2.05, 4.69) is 25.9 Å². The van der Waals surface area contributed by atoms with Crippen molar-refractivity contribution in [2.75, 3.05) is 13.1 Å². The Morgan fingerprint density at radius 2 is 2.24 bits per heavy atom. The van der Waals surface area contributed by atoms with Gasteiger partial charge in [-0.25, -0.2) is 14.4 Å². The van der Waals surface area contributed by atoms with E-state index >= 15 is 0 Å². The number of alkyl halides is 1. The van der Waals surface area contributed by atoms with Crippen LogP contribution in [0.15, 0.2) is 23.1 Å². The standard InChI is InChI=1S/C10H8BrFN4O/c11-6-1-13-10-14-8(5-16(10)2-6)9(17)15-3-7(12)4-15/h1-2,5,7H,3-4H2. The predicted molar refractivity (Wildman–Crippen MR) is 61.5 cm³/mol. The van der Waals surface area contributed by atoms with Crippen LogP contribution in [0.25, 0.3) is 5.78 Å². The lowest BCUT2D eigenvalue weighted by atomic mass is 10.2. The monoisotopic (exact) mass is 298 g/mol. The maximum Gasteiger partial charge on any atom is 0.274 e. The second-order valence-electron chi connectivity index (χ2n) is 3.91. The highest BCUT2D eigenvalue weighted by atomic mass is 79.9. The molecule has 3 rings (SSSR count). The number of carbonyl (C=O) groups is 1. The molecule has 0 N–H and O–H groups in total. The molecule has 17 heavy (non-hydrogen) atoms. The average molecular weight is 299 g/mol. The van der Waals surface area contributed by atoms with E-state index in [4.69, 9.17) is 0 Å². The van der Waals surface area contributed by atoms with E-state index in [1.807, 2.05) is 0 Å². The van der Waals surface area contributed by atoms with Crippen molar-refractivity contribution in [3.8, 4) is 0 Å². The number of imidazole rings is 1. The third kappa shape index (κ3) is 1.80. The van der Waals surface area contributed by atoms with E-state index in [0.717, 1.165) is 4.47 Å². The minimum atomic E-state index is -0.900. The minimum Gasteiger partial charge on any atom is -0.331 e. The zero-order valence-electron chi connectivity index (χ0n) is 8.68. The molecule has 0 spiro atoms. The smallest absolute Gasteiger partial charge is 0.274 e. The molecule has 0 radical (unpaired) electrons. The van der Waals surface area contributed by atoms with Crippen LogP contribution >= 0.6 is 15.9 Å². The number of fused-ring (bicyclic) bond motifs is 1. The van der Waals surface area contributed by atoms with Crippen LogP contribution in [-0.4, -0.2) is 44.4 Å². The number of hydrogen-bond donors (Lipinski definition) is 0. The number of hydrogen-bond acceptors (Lipinski definition) is 3. The molecule has 0 aromatic carbocycles. The van der Waals surface area contributed by atoms with E-state index in [1.165, 1.54) is 4.90 Å². The fraction of sp³-hybridized carbons (Fsp3) is 0.300. The molecule has 7 heteroatoms. The van der Waals surface area contributed by atoms with Gasteiger partial charge in [0.1, 0.15) is 11.9 Å². The van der Waals surface area contributed by atoms with Gasteiger partial charge in [-0.2, -0.15) is 0 Å². The highest BCUT2D eigenvalue weighted by molar-refractivity contribution is 9.10. The highest BCUT2D eigenvalue weighted by Gasteiger charge is 2.32. The van der Waals surface area contributed by atoms with Crippen LogP contribution in [0.5, 0.6) is 0 Å². The van der Waals surface area contributed by atoms with Gasteiger partial charge in [0.25, 0.3) is 5.91 Å². The van der Waals surface area contributed by atoms with Gasteiger partial charge in [-0.1, -0.05) is 0 Å². The van der Waals surface area contributed by atoms with Crippen molar-refractivity contribution < 1.29 is 9.18 Å². The summed E-state index contributed by atoms with van der Waals surface area (Å²) in [6.45, 7) is 0.313. The van der Waals surface area contributed by atoms with Gasteiger partial charge in [-0.15, -0.1) is 0 Å². The third-order valence-electron chi connectivity index (χ3n) is 2.62. The Hall–Kier alpha value is -1.50. The van der Waals surface area contributed by atoms with Crippen molar-refractivity contribution in [3.05, 3.63) is 28.8 Å². The van der Waals surface area contributed by atoms with Gasteiger partial charge in [0.15, 0.2) is 0 Å². The summed E-state index contributed by atoms with van der Waals surface area (Å²) in [5.74, 6) is 0.203. The molecular formula is C10H8BrFN4O. The van der Waals surface area contributed by atoms with Crippen LogP contribution in [0, 0.1) is 0 Å². The van der Waals surface area contributed by atoms with Crippen LogP contribution < -0.4 is 0 Å². The van der Waals surface area contributed by atoms with E-state index in [-0.39, 0.29) is 19.0 Å². The van der Waals surface area contributed by atoms with Crippen molar-refractivity contribution in [1.82, 2.24) is 19.3 Å². The van der Waals surface area contributed by atoms with Crippen LogP contribution in [0.1, 0.15) is 10.5 Å². The van der Waals surface area contributed by atoms with Crippen LogP contribution in [0.3, 0.4) is 0 Å². The number of likely N-dealkylation sites (tertiary alicyclic amines) is 1. The van der Waals surface area contributed by atoms with Crippen molar-refractivity contribution in [2.24, 2.45) is 0 Å². The van der Waals surface area contributed by atoms with E-state index in [9.17, 15) is 9.18 Å². The Labute approximate surface area is 104 Å². The normalized spacial score (nSPS) is 16.2. The van der Waals surface area contributed by atoms with Gasteiger partial charge in [0.05, 0.1) is 17.6 Å². The Morgan fingerprint density at radius 1 is 1.47 bits per heavy atom. The first-order valence-corrected chi connectivity index (χ1v) is 5.86. The number of carbonyl (C=O) groups excluding carboxylic acids is 1. The quantitative estimate of drug-likeness (QED) is 0.797. The highest BCUT2D eigenvalue weighted by Crippen LogP contribution is 2.16. The molecule has 0 atom stereocenters. The van der Waals surface area contributed by atoms with Gasteiger partial charge in [0, 0.05) is 18.6 Å². The molecule has 2 aromatic heterocycles. The number of aromatic nitrogens is 3. The molecule has 1 aliphatic heterocycles. The SMILES string of the molecule is O=C(c1cn2cc(Br)cnc2n1)N1CC(F)C1. The predicted octanol–water partition coefficient (Wildman–Crippen LogP) is 1.29. The summed E-state index contributed by atoms with van der Waals surface area (Å²) in [7, 11) is 0. The first-order valence-electron chi connectivity index (χ1n) is 5.07. The molecule has 88 valence electrons. The zero-order chi connectivity index (χ0) is 12.0. The van der Waals surface area contributed by atoms with Crippen molar-refractivity contribution in [3.63, 3.8) is 0 Å². The maximum absolute atomic E-state index is 12.7. The van der Waals surface area contributed by atoms with Gasteiger partial charge in [0.2, 0.25) is 5.78 Å². The van der Waals surface area contributed by atoms with Gasteiger partial charge < -0.3 is 4.90 Å². The molecule has 0 bridgehead atoms. The van der Waals surface area contributed by atoms with Gasteiger partial charge in [-0.3, -0.25) is 9.20 Å². The van der Waals surface area contributed by atoms with Crippen molar-refractivity contribution in [2.45, 2.75) is 6.17 Å². The zero-order valence-corrected chi connectivity index (χ0v) is 10.3. The summed E-state index contributed by atoms with van der Waals surface area (Å²) in [6, 6.07) is 0. The summed E-state index contributed by atoms with van der Waals surface area (Å²) in [6.07, 6.45) is 4.07. The fourth-order valence-electron chi connectivity index (χ4n) is 1.72. The Balaban J connectivity index is 1.93. The topological polar surface area (TPSA) is 50.5 Å². The summed E-state index contributed by atoms with van der Waals surface area (Å²) < 4.78 is 15.1. The lowest BCUT2D eigenvalue weighted by Crippen LogP contribution is -2.51. The summed E-state index contributed by atoms with van der Waals surface area (Å²) in [5, 5.41) is 0. The van der Waals surface area contributed by atoms with E-state index < -0.39 is 6.17 Å².